The topological polar surface area (TPSA) is 66.4 Å². The zero-order valence-electron chi connectivity index (χ0n) is 13.3. The lowest BCUT2D eigenvalue weighted by Crippen LogP contribution is -2.41. The molecule has 1 fully saturated rings. The third-order valence-corrected chi connectivity index (χ3v) is 4.53. The molecule has 1 aromatic rings. The number of carboxylic acids is 1. The van der Waals surface area contributed by atoms with Crippen LogP contribution in [0.5, 0.6) is 0 Å². The van der Waals surface area contributed by atoms with Crippen molar-refractivity contribution >= 4 is 11.9 Å². The van der Waals surface area contributed by atoms with Crippen molar-refractivity contribution in [3.63, 3.8) is 0 Å². The second kappa shape index (κ2) is 7.43. The fraction of sp³-hybridized carbons (Fsp3) is 0.556. The molecule has 22 heavy (non-hydrogen) atoms. The van der Waals surface area contributed by atoms with Gasteiger partial charge in [0.2, 0.25) is 5.91 Å². The minimum absolute atomic E-state index is 0.0688. The number of hydrogen-bond donors (Lipinski definition) is 2. The SMILES string of the molecule is Cc1ccc(CC(C)C(=O)NC2CCC(C(=O)O)CC2)cc1. The molecule has 0 radical (unpaired) electrons. The maximum absolute atomic E-state index is 12.3. The van der Waals surface area contributed by atoms with Crippen LogP contribution in [-0.2, 0) is 16.0 Å². The molecule has 0 aliphatic heterocycles. The molecule has 2 N–H and O–H groups in total. The Balaban J connectivity index is 1.79. The summed E-state index contributed by atoms with van der Waals surface area (Å²) in [5.41, 5.74) is 2.39. The van der Waals surface area contributed by atoms with E-state index in [1.54, 1.807) is 0 Å². The van der Waals surface area contributed by atoms with Crippen LogP contribution in [-0.4, -0.2) is 23.0 Å². The van der Waals surface area contributed by atoms with Crippen LogP contribution in [0.1, 0.15) is 43.7 Å². The van der Waals surface area contributed by atoms with E-state index in [1.807, 2.05) is 13.8 Å². The number of benzene rings is 1. The lowest BCUT2D eigenvalue weighted by Gasteiger charge is -2.27. The van der Waals surface area contributed by atoms with Crippen LogP contribution in [0, 0.1) is 18.8 Å². The first-order valence-corrected chi connectivity index (χ1v) is 8.04. The van der Waals surface area contributed by atoms with Crippen molar-refractivity contribution < 1.29 is 14.7 Å². The minimum atomic E-state index is -0.711. The summed E-state index contributed by atoms with van der Waals surface area (Å²) in [5, 5.41) is 12.1. The summed E-state index contributed by atoms with van der Waals surface area (Å²) in [4.78, 5) is 23.2. The number of aryl methyl sites for hydroxylation is 1. The molecular weight excluding hydrogens is 278 g/mol. The predicted molar refractivity (Wildman–Crippen MR) is 85.6 cm³/mol. The lowest BCUT2D eigenvalue weighted by molar-refractivity contribution is -0.142. The molecule has 2 rings (SSSR count). The Bertz CT molecular complexity index is 516. The Morgan fingerprint density at radius 1 is 1.18 bits per heavy atom. The van der Waals surface area contributed by atoms with Crippen molar-refractivity contribution in [3.05, 3.63) is 35.4 Å². The second-order valence-corrected chi connectivity index (χ2v) is 6.49. The third kappa shape index (κ3) is 4.58. The van der Waals surface area contributed by atoms with E-state index >= 15 is 0 Å². The highest BCUT2D eigenvalue weighted by atomic mass is 16.4. The molecule has 0 aromatic heterocycles. The van der Waals surface area contributed by atoms with Gasteiger partial charge in [-0.1, -0.05) is 36.8 Å². The summed E-state index contributed by atoms with van der Waals surface area (Å²) in [5.74, 6) is -0.949. The van der Waals surface area contributed by atoms with E-state index in [4.69, 9.17) is 5.11 Å². The molecule has 1 aliphatic rings. The molecule has 0 heterocycles. The average Bonchev–Trinajstić information content (AvgIpc) is 2.50. The summed E-state index contributed by atoms with van der Waals surface area (Å²) >= 11 is 0. The molecule has 4 heteroatoms. The Morgan fingerprint density at radius 2 is 1.77 bits per heavy atom. The molecule has 0 bridgehead atoms. The van der Waals surface area contributed by atoms with Crippen LogP contribution in [0.4, 0.5) is 0 Å². The summed E-state index contributed by atoms with van der Waals surface area (Å²) < 4.78 is 0. The highest BCUT2D eigenvalue weighted by Crippen LogP contribution is 2.24. The summed E-state index contributed by atoms with van der Waals surface area (Å²) in [7, 11) is 0. The summed E-state index contributed by atoms with van der Waals surface area (Å²) in [6.45, 7) is 3.99. The summed E-state index contributed by atoms with van der Waals surface area (Å²) in [6.07, 6.45) is 3.58. The quantitative estimate of drug-likeness (QED) is 0.879. The van der Waals surface area contributed by atoms with Crippen LogP contribution in [0.25, 0.3) is 0 Å². The second-order valence-electron chi connectivity index (χ2n) is 6.49. The summed E-state index contributed by atoms with van der Waals surface area (Å²) in [6, 6.07) is 8.39. The van der Waals surface area contributed by atoms with Gasteiger partial charge >= 0.3 is 5.97 Å². The number of amides is 1. The molecule has 4 nitrogen and oxygen atoms in total. The number of carboxylic acid groups (broad SMARTS) is 1. The zero-order chi connectivity index (χ0) is 16.1. The van der Waals surface area contributed by atoms with Crippen LogP contribution in [0.2, 0.25) is 0 Å². The molecule has 1 unspecified atom stereocenters. The number of nitrogens with one attached hydrogen (secondary N) is 1. The number of carbonyl (C=O) groups excluding carboxylic acids is 1. The standard InChI is InChI=1S/C18H25NO3/c1-12-3-5-14(6-4-12)11-13(2)17(20)19-16-9-7-15(8-10-16)18(21)22/h3-6,13,15-16H,7-11H2,1-2H3,(H,19,20)(H,21,22). The number of hydrogen-bond acceptors (Lipinski definition) is 2. The number of rotatable bonds is 5. The molecule has 1 aliphatic carbocycles. The van der Waals surface area contributed by atoms with E-state index in [1.165, 1.54) is 11.1 Å². The van der Waals surface area contributed by atoms with Crippen molar-refractivity contribution in [2.24, 2.45) is 11.8 Å². The normalized spacial score (nSPS) is 22.8. The van der Waals surface area contributed by atoms with Crippen LogP contribution >= 0.6 is 0 Å². The van der Waals surface area contributed by atoms with E-state index in [9.17, 15) is 9.59 Å². The maximum Gasteiger partial charge on any atom is 0.306 e. The number of aliphatic carboxylic acids is 1. The van der Waals surface area contributed by atoms with Crippen LogP contribution in [0.3, 0.4) is 0 Å². The molecule has 1 atom stereocenters. The van der Waals surface area contributed by atoms with Gasteiger partial charge in [-0.15, -0.1) is 0 Å². The maximum atomic E-state index is 12.3. The van der Waals surface area contributed by atoms with Gasteiger partial charge < -0.3 is 10.4 Å². The van der Waals surface area contributed by atoms with Gasteiger partial charge in [0, 0.05) is 12.0 Å². The first-order chi connectivity index (χ1) is 10.5. The Morgan fingerprint density at radius 3 is 2.32 bits per heavy atom. The van der Waals surface area contributed by atoms with Gasteiger partial charge in [0.15, 0.2) is 0 Å². The first-order valence-electron chi connectivity index (χ1n) is 8.04. The van der Waals surface area contributed by atoms with E-state index in [-0.39, 0.29) is 23.8 Å². The van der Waals surface area contributed by atoms with Gasteiger partial charge in [0.1, 0.15) is 0 Å². The smallest absolute Gasteiger partial charge is 0.306 e. The molecule has 0 saturated heterocycles. The van der Waals surface area contributed by atoms with E-state index in [0.717, 1.165) is 19.3 Å². The van der Waals surface area contributed by atoms with Crippen molar-refractivity contribution in [3.8, 4) is 0 Å². The van der Waals surface area contributed by atoms with Crippen molar-refractivity contribution in [1.29, 1.82) is 0 Å². The van der Waals surface area contributed by atoms with Gasteiger partial charge in [-0.05, 0) is 44.6 Å². The average molecular weight is 303 g/mol. The predicted octanol–water partition coefficient (Wildman–Crippen LogP) is 2.93. The minimum Gasteiger partial charge on any atom is -0.481 e. The monoisotopic (exact) mass is 303 g/mol. The number of carbonyl (C=O) groups is 2. The molecular formula is C18H25NO3. The molecule has 1 aromatic carbocycles. The first kappa shape index (κ1) is 16.5. The van der Waals surface area contributed by atoms with Gasteiger partial charge in [-0.3, -0.25) is 9.59 Å². The Kier molecular flexibility index (Phi) is 5.58. The largest absolute Gasteiger partial charge is 0.481 e. The lowest BCUT2D eigenvalue weighted by atomic mass is 9.86. The Hall–Kier alpha value is -1.84. The Labute approximate surface area is 131 Å². The fourth-order valence-electron chi connectivity index (χ4n) is 3.00. The van der Waals surface area contributed by atoms with Crippen LogP contribution in [0.15, 0.2) is 24.3 Å². The highest BCUT2D eigenvalue weighted by molar-refractivity contribution is 5.79. The van der Waals surface area contributed by atoms with E-state index < -0.39 is 5.97 Å². The van der Waals surface area contributed by atoms with Gasteiger partial charge in [0.25, 0.3) is 0 Å². The van der Waals surface area contributed by atoms with E-state index in [2.05, 4.69) is 29.6 Å². The zero-order valence-corrected chi connectivity index (χ0v) is 13.3. The highest BCUT2D eigenvalue weighted by Gasteiger charge is 2.27. The molecule has 0 spiro atoms. The molecule has 120 valence electrons. The van der Waals surface area contributed by atoms with Crippen molar-refractivity contribution in [2.75, 3.05) is 0 Å². The van der Waals surface area contributed by atoms with E-state index in [0.29, 0.717) is 12.8 Å². The van der Waals surface area contributed by atoms with Crippen molar-refractivity contribution in [1.82, 2.24) is 5.32 Å². The fourth-order valence-corrected chi connectivity index (χ4v) is 3.00. The van der Waals surface area contributed by atoms with Gasteiger partial charge in [0.05, 0.1) is 5.92 Å². The molecule has 1 amide bonds. The third-order valence-electron chi connectivity index (χ3n) is 4.53. The van der Waals surface area contributed by atoms with Gasteiger partial charge in [-0.2, -0.15) is 0 Å². The molecule has 1 saturated carbocycles. The van der Waals surface area contributed by atoms with Gasteiger partial charge in [-0.25, -0.2) is 0 Å². The van der Waals surface area contributed by atoms with Crippen LogP contribution < -0.4 is 5.32 Å². The van der Waals surface area contributed by atoms with Crippen molar-refractivity contribution in [2.45, 2.75) is 52.0 Å².